The van der Waals surface area contributed by atoms with Crippen molar-refractivity contribution in [2.24, 2.45) is 0 Å². The summed E-state index contributed by atoms with van der Waals surface area (Å²) >= 11 is 9.44. The van der Waals surface area contributed by atoms with Crippen LogP contribution in [0.2, 0.25) is 5.15 Å². The summed E-state index contributed by atoms with van der Waals surface area (Å²) < 4.78 is 0. The summed E-state index contributed by atoms with van der Waals surface area (Å²) in [4.78, 5) is 13.7. The maximum absolute atomic E-state index is 10.7. The third-order valence-corrected chi connectivity index (χ3v) is 2.91. The molecule has 8 heteroatoms. The highest BCUT2D eigenvalue weighted by Crippen LogP contribution is 2.29. The number of aliphatic hydroxyl groups excluding tert-OH is 2. The fourth-order valence-corrected chi connectivity index (χ4v) is 1.76. The third-order valence-electron chi connectivity index (χ3n) is 2.25. The zero-order chi connectivity index (χ0) is 13.2. The van der Waals surface area contributed by atoms with Crippen LogP contribution in [0, 0.1) is 17.0 Å². The number of aromatic nitrogens is 1. The number of halogens is 1. The molecule has 2 atom stereocenters. The molecule has 0 aliphatic heterocycles. The number of nitrogens with zero attached hydrogens (tertiary/aromatic N) is 2. The fourth-order valence-electron chi connectivity index (χ4n) is 1.31. The molecule has 0 aliphatic rings. The first-order valence-electron chi connectivity index (χ1n) is 4.67. The van der Waals surface area contributed by atoms with Crippen molar-refractivity contribution in [1.29, 1.82) is 0 Å². The van der Waals surface area contributed by atoms with Crippen molar-refractivity contribution in [2.75, 3.05) is 5.75 Å². The maximum Gasteiger partial charge on any atom is 0.306 e. The number of nitro groups is 1. The lowest BCUT2D eigenvalue weighted by Gasteiger charge is -2.17. The molecule has 0 spiro atoms. The van der Waals surface area contributed by atoms with Crippen molar-refractivity contribution in [3.05, 3.63) is 32.6 Å². The van der Waals surface area contributed by atoms with Gasteiger partial charge in [0.15, 0.2) is 0 Å². The minimum absolute atomic E-state index is 0.0248. The highest BCUT2D eigenvalue weighted by atomic mass is 35.5. The Bertz CT molecular complexity index is 443. The Hall–Kier alpha value is -0.890. The molecule has 1 rings (SSSR count). The Balaban J connectivity index is 3.24. The molecule has 0 fully saturated rings. The van der Waals surface area contributed by atoms with Gasteiger partial charge in [0, 0.05) is 23.1 Å². The average molecular weight is 279 g/mol. The predicted octanol–water partition coefficient (Wildman–Crippen LogP) is 1.28. The Morgan fingerprint density at radius 2 is 2.24 bits per heavy atom. The summed E-state index contributed by atoms with van der Waals surface area (Å²) in [5, 5.41) is 29.6. The lowest BCUT2D eigenvalue weighted by molar-refractivity contribution is -0.385. The number of hydrogen-bond acceptors (Lipinski definition) is 6. The number of aryl methyl sites for hydroxylation is 1. The van der Waals surface area contributed by atoms with Crippen molar-refractivity contribution in [2.45, 2.75) is 19.1 Å². The van der Waals surface area contributed by atoms with Gasteiger partial charge in [-0.25, -0.2) is 4.98 Å². The van der Waals surface area contributed by atoms with E-state index in [2.05, 4.69) is 17.6 Å². The van der Waals surface area contributed by atoms with Crippen LogP contribution in [0.1, 0.15) is 17.4 Å². The minimum atomic E-state index is -1.28. The van der Waals surface area contributed by atoms with Gasteiger partial charge in [0.05, 0.1) is 11.0 Å². The normalized spacial score (nSPS) is 14.4. The third kappa shape index (κ3) is 3.06. The van der Waals surface area contributed by atoms with Gasteiger partial charge in [0.25, 0.3) is 0 Å². The summed E-state index contributed by atoms with van der Waals surface area (Å²) in [5.41, 5.74) is 0.0919. The van der Waals surface area contributed by atoms with E-state index < -0.39 is 22.8 Å². The molecule has 6 nitrogen and oxygen atoms in total. The molecule has 17 heavy (non-hydrogen) atoms. The van der Waals surface area contributed by atoms with Crippen LogP contribution in [0.3, 0.4) is 0 Å². The Labute approximate surface area is 108 Å². The maximum atomic E-state index is 10.7. The second kappa shape index (κ2) is 5.63. The van der Waals surface area contributed by atoms with Crippen LogP contribution in [0.15, 0.2) is 6.07 Å². The van der Waals surface area contributed by atoms with E-state index in [1.165, 1.54) is 0 Å². The monoisotopic (exact) mass is 278 g/mol. The van der Waals surface area contributed by atoms with Crippen LogP contribution in [0.5, 0.6) is 0 Å². The number of rotatable bonds is 4. The lowest BCUT2D eigenvalue weighted by Crippen LogP contribution is -2.21. The van der Waals surface area contributed by atoms with E-state index in [-0.39, 0.29) is 16.5 Å². The van der Waals surface area contributed by atoms with Crippen LogP contribution in [0.25, 0.3) is 0 Å². The van der Waals surface area contributed by atoms with Crippen LogP contribution in [-0.2, 0) is 0 Å². The van der Waals surface area contributed by atoms with Crippen LogP contribution in [-0.4, -0.2) is 32.0 Å². The molecular weight excluding hydrogens is 268 g/mol. The molecule has 0 radical (unpaired) electrons. The molecule has 0 aliphatic carbocycles. The van der Waals surface area contributed by atoms with E-state index in [9.17, 15) is 20.3 Å². The minimum Gasteiger partial charge on any atom is -0.389 e. The molecule has 0 saturated heterocycles. The van der Waals surface area contributed by atoms with Crippen LogP contribution >= 0.6 is 24.2 Å². The van der Waals surface area contributed by atoms with Crippen molar-refractivity contribution in [3.63, 3.8) is 0 Å². The Kier molecular flexibility index (Phi) is 4.70. The number of aliphatic hydroxyl groups is 2. The lowest BCUT2D eigenvalue weighted by atomic mass is 10.0. The van der Waals surface area contributed by atoms with Crippen molar-refractivity contribution in [1.82, 2.24) is 4.98 Å². The first-order chi connectivity index (χ1) is 7.88. The van der Waals surface area contributed by atoms with E-state index in [4.69, 9.17) is 11.6 Å². The second-order valence-corrected chi connectivity index (χ2v) is 4.15. The quantitative estimate of drug-likeness (QED) is 0.334. The van der Waals surface area contributed by atoms with E-state index >= 15 is 0 Å². The second-order valence-electron chi connectivity index (χ2n) is 3.42. The molecule has 2 unspecified atom stereocenters. The molecule has 1 aromatic rings. The standard InChI is InChI=1S/C9H11ClN2O4S/c1-4-5(8(14)7(13)3-17)2-6(12(15)16)9(10)11-4/h2,7-8,13-14,17H,3H2,1H3. The topological polar surface area (TPSA) is 96.5 Å². The van der Waals surface area contributed by atoms with Gasteiger partial charge in [-0.1, -0.05) is 11.6 Å². The molecule has 0 amide bonds. The van der Waals surface area contributed by atoms with E-state index in [0.717, 1.165) is 6.07 Å². The average Bonchev–Trinajstić information content (AvgIpc) is 2.26. The van der Waals surface area contributed by atoms with Gasteiger partial charge in [0.1, 0.15) is 6.10 Å². The van der Waals surface area contributed by atoms with Crippen molar-refractivity contribution in [3.8, 4) is 0 Å². The smallest absolute Gasteiger partial charge is 0.306 e. The van der Waals surface area contributed by atoms with Gasteiger partial charge in [-0.2, -0.15) is 12.6 Å². The molecule has 94 valence electrons. The zero-order valence-corrected chi connectivity index (χ0v) is 10.5. The molecule has 0 aromatic carbocycles. The zero-order valence-electron chi connectivity index (χ0n) is 8.87. The predicted molar refractivity (Wildman–Crippen MR) is 65.5 cm³/mol. The van der Waals surface area contributed by atoms with Gasteiger partial charge < -0.3 is 10.2 Å². The molecule has 0 bridgehead atoms. The van der Waals surface area contributed by atoms with Crippen molar-refractivity contribution >= 4 is 29.9 Å². The van der Waals surface area contributed by atoms with Gasteiger partial charge in [-0.15, -0.1) is 0 Å². The largest absolute Gasteiger partial charge is 0.389 e. The summed E-state index contributed by atoms with van der Waals surface area (Å²) in [6.45, 7) is 1.54. The van der Waals surface area contributed by atoms with Gasteiger partial charge in [-0.05, 0) is 6.92 Å². The van der Waals surface area contributed by atoms with Crippen LogP contribution < -0.4 is 0 Å². The number of thiol groups is 1. The number of pyridine rings is 1. The van der Waals surface area contributed by atoms with Gasteiger partial charge in [0.2, 0.25) is 5.15 Å². The van der Waals surface area contributed by atoms with Crippen molar-refractivity contribution < 1.29 is 15.1 Å². The Morgan fingerprint density at radius 1 is 1.65 bits per heavy atom. The highest BCUT2D eigenvalue weighted by molar-refractivity contribution is 7.80. The van der Waals surface area contributed by atoms with Gasteiger partial charge in [-0.3, -0.25) is 10.1 Å². The summed E-state index contributed by atoms with van der Waals surface area (Å²) in [7, 11) is 0. The molecular formula is C9H11ClN2O4S. The summed E-state index contributed by atoms with van der Waals surface area (Å²) in [6, 6.07) is 1.11. The molecule has 1 heterocycles. The SMILES string of the molecule is Cc1nc(Cl)c([N+](=O)[O-])cc1C(O)C(O)CS. The van der Waals surface area contributed by atoms with E-state index in [1.807, 2.05) is 0 Å². The van der Waals surface area contributed by atoms with Crippen LogP contribution in [0.4, 0.5) is 5.69 Å². The molecule has 2 N–H and O–H groups in total. The first-order valence-corrected chi connectivity index (χ1v) is 5.68. The summed E-state index contributed by atoms with van der Waals surface area (Å²) in [5.74, 6) is 0.0248. The Morgan fingerprint density at radius 3 is 2.71 bits per heavy atom. The summed E-state index contributed by atoms with van der Waals surface area (Å²) in [6.07, 6.45) is -2.41. The first kappa shape index (κ1) is 14.2. The van der Waals surface area contributed by atoms with Gasteiger partial charge >= 0.3 is 5.69 Å². The fraction of sp³-hybridized carbons (Fsp3) is 0.444. The molecule has 0 saturated carbocycles. The molecule has 1 aromatic heterocycles. The van der Waals surface area contributed by atoms with E-state index in [0.29, 0.717) is 5.69 Å². The van der Waals surface area contributed by atoms with E-state index in [1.54, 1.807) is 6.92 Å². The number of hydrogen-bond donors (Lipinski definition) is 3. The highest BCUT2D eigenvalue weighted by Gasteiger charge is 2.24.